The van der Waals surface area contributed by atoms with Crippen LogP contribution in [-0.2, 0) is 10.0 Å². The van der Waals surface area contributed by atoms with Crippen LogP contribution in [0.25, 0.3) is 0 Å². The van der Waals surface area contributed by atoms with Crippen LogP contribution in [0.3, 0.4) is 0 Å². The molecule has 1 heterocycles. The fourth-order valence-electron chi connectivity index (χ4n) is 1.24. The van der Waals surface area contributed by atoms with Gasteiger partial charge in [-0.15, -0.1) is 0 Å². The molecule has 0 atom stereocenters. The van der Waals surface area contributed by atoms with Crippen LogP contribution in [-0.4, -0.2) is 18.6 Å². The van der Waals surface area contributed by atoms with Gasteiger partial charge in [0.1, 0.15) is 10.7 Å². The lowest BCUT2D eigenvalue weighted by Crippen LogP contribution is -2.14. The molecule has 2 rings (SSSR count). The number of halogens is 1. The van der Waals surface area contributed by atoms with Gasteiger partial charge in [-0.3, -0.25) is 9.82 Å². The monoisotopic (exact) mass is 316 g/mol. The van der Waals surface area contributed by atoms with Crippen LogP contribution in [0.5, 0.6) is 0 Å². The molecule has 1 aromatic heterocycles. The molecule has 90 valence electrons. The predicted molar refractivity (Wildman–Crippen MR) is 68.0 cm³/mol. The fourth-order valence-corrected chi connectivity index (χ4v) is 3.25. The molecule has 4 N–H and O–H groups in total. The summed E-state index contributed by atoms with van der Waals surface area (Å²) >= 11 is 3.17. The Morgan fingerprint density at radius 1 is 1.35 bits per heavy atom. The first-order valence-electron chi connectivity index (χ1n) is 4.56. The third-order valence-corrected chi connectivity index (χ3v) is 4.35. The minimum Gasteiger partial charge on any atom is -0.399 e. The summed E-state index contributed by atoms with van der Waals surface area (Å²) in [6.45, 7) is 0. The number of sulfonamides is 1. The van der Waals surface area contributed by atoms with E-state index in [9.17, 15) is 8.42 Å². The first-order chi connectivity index (χ1) is 7.99. The van der Waals surface area contributed by atoms with Crippen molar-refractivity contribution in [2.75, 3.05) is 10.5 Å². The molecule has 0 aliphatic carbocycles. The second-order valence-corrected chi connectivity index (χ2v) is 5.77. The van der Waals surface area contributed by atoms with Gasteiger partial charge in [0.15, 0.2) is 0 Å². The zero-order valence-electron chi connectivity index (χ0n) is 8.51. The van der Waals surface area contributed by atoms with E-state index in [0.717, 1.165) is 0 Å². The van der Waals surface area contributed by atoms with Crippen LogP contribution in [0.15, 0.2) is 39.8 Å². The van der Waals surface area contributed by atoms with Gasteiger partial charge in [0, 0.05) is 16.2 Å². The Labute approximate surface area is 106 Å². The lowest BCUT2D eigenvalue weighted by atomic mass is 10.3. The zero-order chi connectivity index (χ0) is 12.5. The molecule has 8 heteroatoms. The topological polar surface area (TPSA) is 101 Å². The molecule has 1 aromatic carbocycles. The van der Waals surface area contributed by atoms with Crippen LogP contribution in [0.1, 0.15) is 0 Å². The van der Waals surface area contributed by atoms with Crippen molar-refractivity contribution < 1.29 is 8.42 Å². The Morgan fingerprint density at radius 2 is 2.12 bits per heavy atom. The standard InChI is InChI=1S/C9H9BrN4O2S/c10-7-2-1-6(11)5-8(7)17(15,16)14-9-3-4-12-13-9/h1-5H,11H2,(H2,12,13,14). The van der Waals surface area contributed by atoms with Crippen LogP contribution >= 0.6 is 15.9 Å². The summed E-state index contributed by atoms with van der Waals surface area (Å²) in [5.74, 6) is 0.291. The number of nitrogens with two attached hydrogens (primary N) is 1. The van der Waals surface area contributed by atoms with Crippen molar-refractivity contribution >= 4 is 37.5 Å². The highest BCUT2D eigenvalue weighted by Gasteiger charge is 2.18. The molecule has 0 spiro atoms. The molecule has 0 saturated heterocycles. The van der Waals surface area contributed by atoms with Crippen molar-refractivity contribution in [3.63, 3.8) is 0 Å². The SMILES string of the molecule is Nc1ccc(Br)c(S(=O)(=O)Nc2ccn[nH]2)c1. The number of hydrogen-bond donors (Lipinski definition) is 3. The van der Waals surface area contributed by atoms with Crippen molar-refractivity contribution in [3.8, 4) is 0 Å². The Morgan fingerprint density at radius 3 is 2.76 bits per heavy atom. The number of H-pyrrole nitrogens is 1. The van der Waals surface area contributed by atoms with Gasteiger partial charge in [-0.25, -0.2) is 8.42 Å². The highest BCUT2D eigenvalue weighted by Crippen LogP contribution is 2.25. The van der Waals surface area contributed by atoms with E-state index in [-0.39, 0.29) is 4.90 Å². The molecule has 0 amide bonds. The number of aromatic nitrogens is 2. The Bertz CT molecular complexity index is 624. The number of benzene rings is 1. The third kappa shape index (κ3) is 2.59. The normalized spacial score (nSPS) is 11.4. The molecular formula is C9H9BrN4O2S. The van der Waals surface area contributed by atoms with Gasteiger partial charge in [-0.2, -0.15) is 5.10 Å². The van der Waals surface area contributed by atoms with E-state index < -0.39 is 10.0 Å². The smallest absolute Gasteiger partial charge is 0.264 e. The van der Waals surface area contributed by atoms with Gasteiger partial charge >= 0.3 is 0 Å². The maximum absolute atomic E-state index is 12.0. The van der Waals surface area contributed by atoms with E-state index in [0.29, 0.717) is 16.0 Å². The molecule has 0 bridgehead atoms. The minimum atomic E-state index is -3.68. The maximum Gasteiger partial charge on any atom is 0.264 e. The largest absolute Gasteiger partial charge is 0.399 e. The average molecular weight is 317 g/mol. The summed E-state index contributed by atoms with van der Waals surface area (Å²) in [7, 11) is -3.68. The van der Waals surface area contributed by atoms with E-state index in [2.05, 4.69) is 30.8 Å². The minimum absolute atomic E-state index is 0.0760. The lowest BCUT2D eigenvalue weighted by molar-refractivity contribution is 0.600. The molecule has 0 radical (unpaired) electrons. The molecule has 0 aliphatic rings. The highest BCUT2D eigenvalue weighted by molar-refractivity contribution is 9.10. The molecule has 0 saturated carbocycles. The zero-order valence-corrected chi connectivity index (χ0v) is 10.9. The number of nitrogens with one attached hydrogen (secondary N) is 2. The lowest BCUT2D eigenvalue weighted by Gasteiger charge is -2.08. The van der Waals surface area contributed by atoms with Crippen LogP contribution in [0.2, 0.25) is 0 Å². The van der Waals surface area contributed by atoms with Crippen molar-refractivity contribution in [1.82, 2.24) is 10.2 Å². The highest BCUT2D eigenvalue weighted by atomic mass is 79.9. The first kappa shape index (κ1) is 11.9. The van der Waals surface area contributed by atoms with E-state index >= 15 is 0 Å². The van der Waals surface area contributed by atoms with Gasteiger partial charge < -0.3 is 5.73 Å². The summed E-state index contributed by atoms with van der Waals surface area (Å²) in [6.07, 6.45) is 1.45. The van der Waals surface area contributed by atoms with Gasteiger partial charge in [0.05, 0.1) is 6.20 Å². The van der Waals surface area contributed by atoms with Crippen molar-refractivity contribution in [2.45, 2.75) is 4.90 Å². The Balaban J connectivity index is 2.41. The molecule has 2 aromatic rings. The second-order valence-electron chi connectivity index (χ2n) is 3.27. The molecule has 6 nitrogen and oxygen atoms in total. The van der Waals surface area contributed by atoms with Crippen LogP contribution in [0, 0.1) is 0 Å². The van der Waals surface area contributed by atoms with E-state index in [1.807, 2.05) is 0 Å². The third-order valence-electron chi connectivity index (χ3n) is 1.99. The van der Waals surface area contributed by atoms with E-state index in [1.54, 1.807) is 12.1 Å². The van der Waals surface area contributed by atoms with E-state index in [4.69, 9.17) is 5.73 Å². The second kappa shape index (κ2) is 4.38. The number of nitrogens with zero attached hydrogens (tertiary/aromatic N) is 1. The summed E-state index contributed by atoms with van der Waals surface area (Å²) in [5, 5.41) is 6.16. The first-order valence-corrected chi connectivity index (χ1v) is 6.84. The fraction of sp³-hybridized carbons (Fsp3) is 0. The summed E-state index contributed by atoms with van der Waals surface area (Å²) in [6, 6.07) is 6.08. The number of rotatable bonds is 3. The Hall–Kier alpha value is -1.54. The van der Waals surface area contributed by atoms with Gasteiger partial charge in [0.25, 0.3) is 10.0 Å². The van der Waals surface area contributed by atoms with Crippen molar-refractivity contribution in [1.29, 1.82) is 0 Å². The van der Waals surface area contributed by atoms with Crippen LogP contribution < -0.4 is 10.5 Å². The average Bonchev–Trinajstić information content (AvgIpc) is 2.73. The van der Waals surface area contributed by atoms with Gasteiger partial charge in [-0.05, 0) is 34.1 Å². The number of nitrogen functional groups attached to an aromatic ring is 1. The van der Waals surface area contributed by atoms with E-state index in [1.165, 1.54) is 18.3 Å². The molecule has 17 heavy (non-hydrogen) atoms. The molecular weight excluding hydrogens is 308 g/mol. The Kier molecular flexibility index (Phi) is 3.07. The predicted octanol–water partition coefficient (Wildman–Crippen LogP) is 1.56. The molecule has 0 fully saturated rings. The molecule has 0 unspecified atom stereocenters. The summed E-state index contributed by atoms with van der Waals surface area (Å²) in [5.41, 5.74) is 5.94. The van der Waals surface area contributed by atoms with Gasteiger partial charge in [0.2, 0.25) is 0 Å². The van der Waals surface area contributed by atoms with Crippen molar-refractivity contribution in [3.05, 3.63) is 34.9 Å². The van der Waals surface area contributed by atoms with Crippen LogP contribution in [0.4, 0.5) is 11.5 Å². The number of anilines is 2. The number of hydrogen-bond acceptors (Lipinski definition) is 4. The maximum atomic E-state index is 12.0. The summed E-state index contributed by atoms with van der Waals surface area (Å²) < 4.78 is 26.9. The molecule has 0 aliphatic heterocycles. The quantitative estimate of drug-likeness (QED) is 0.748. The van der Waals surface area contributed by atoms with Gasteiger partial charge in [-0.1, -0.05) is 0 Å². The number of aromatic amines is 1. The van der Waals surface area contributed by atoms with Crippen molar-refractivity contribution in [2.24, 2.45) is 0 Å². The summed E-state index contributed by atoms with van der Waals surface area (Å²) in [4.78, 5) is 0.0760.